The van der Waals surface area contributed by atoms with Crippen LogP contribution in [0, 0.1) is 17.9 Å². The minimum Gasteiger partial charge on any atom is -0.309 e. The van der Waals surface area contributed by atoms with Gasteiger partial charge in [0.15, 0.2) is 5.69 Å². The third kappa shape index (κ3) is 4.90. The lowest BCUT2D eigenvalue weighted by atomic mass is 9.95. The van der Waals surface area contributed by atoms with Crippen LogP contribution in [0.15, 0.2) is 182 Å². The molecule has 0 spiro atoms. The number of benzene rings is 8. The summed E-state index contributed by atoms with van der Waals surface area (Å²) in [6.07, 6.45) is 0. The van der Waals surface area contributed by atoms with E-state index in [1.54, 1.807) is 12.1 Å². The largest absolute Gasteiger partial charge is 0.309 e. The van der Waals surface area contributed by atoms with E-state index in [4.69, 9.17) is 6.57 Å². The highest BCUT2D eigenvalue weighted by Gasteiger charge is 2.22. The molecule has 0 aliphatic rings. The molecule has 0 aliphatic carbocycles. The maximum atomic E-state index is 10.5. The van der Waals surface area contributed by atoms with Crippen molar-refractivity contribution < 1.29 is 0 Å². The first kappa shape index (κ1) is 31.1. The van der Waals surface area contributed by atoms with Crippen molar-refractivity contribution in [3.8, 4) is 50.8 Å². The van der Waals surface area contributed by atoms with Gasteiger partial charge in [-0.2, -0.15) is 5.26 Å². The lowest BCUT2D eigenvalue weighted by Gasteiger charge is -2.17. The van der Waals surface area contributed by atoms with E-state index in [1.165, 1.54) is 0 Å². The normalized spacial score (nSPS) is 11.3. The second-order valence-corrected chi connectivity index (χ2v) is 13.6. The molecule has 0 aliphatic heterocycles. The van der Waals surface area contributed by atoms with E-state index in [9.17, 15) is 5.26 Å². The fourth-order valence-corrected chi connectivity index (χ4v) is 8.09. The monoisotopic (exact) mass is 686 g/mol. The molecule has 0 fully saturated rings. The van der Waals surface area contributed by atoms with Crippen molar-refractivity contribution >= 4 is 49.3 Å². The highest BCUT2D eigenvalue weighted by atomic mass is 15.0. The van der Waals surface area contributed by atoms with Crippen LogP contribution in [0.1, 0.15) is 5.56 Å². The van der Waals surface area contributed by atoms with Gasteiger partial charge in [0.05, 0.1) is 46.0 Å². The fraction of sp³-hybridized carbons (Fsp3) is 0. The molecular formula is C50H30N4. The summed E-state index contributed by atoms with van der Waals surface area (Å²) in [7, 11) is 0. The molecule has 0 radical (unpaired) electrons. The van der Waals surface area contributed by atoms with Gasteiger partial charge in [-0.1, -0.05) is 121 Å². The minimum absolute atomic E-state index is 0.490. The number of aromatic nitrogens is 2. The Morgan fingerprint density at radius 1 is 0.426 bits per heavy atom. The van der Waals surface area contributed by atoms with Gasteiger partial charge in [-0.25, -0.2) is 4.85 Å². The average Bonchev–Trinajstić information content (AvgIpc) is 3.75. The highest BCUT2D eigenvalue weighted by molar-refractivity contribution is 6.15. The summed E-state index contributed by atoms with van der Waals surface area (Å²) in [5.41, 5.74) is 13.5. The van der Waals surface area contributed by atoms with E-state index < -0.39 is 0 Å². The second kappa shape index (κ2) is 12.5. The molecule has 4 nitrogen and oxygen atoms in total. The van der Waals surface area contributed by atoms with E-state index in [-0.39, 0.29) is 0 Å². The van der Waals surface area contributed by atoms with Crippen LogP contribution in [0.2, 0.25) is 0 Å². The molecule has 0 saturated carbocycles. The van der Waals surface area contributed by atoms with Gasteiger partial charge in [0.2, 0.25) is 0 Å². The van der Waals surface area contributed by atoms with E-state index in [0.717, 1.165) is 88.4 Å². The molecule has 0 N–H and O–H groups in total. The molecule has 10 aromatic rings. The van der Waals surface area contributed by atoms with Crippen molar-refractivity contribution in [2.45, 2.75) is 0 Å². The Balaban J connectivity index is 1.37. The zero-order valence-corrected chi connectivity index (χ0v) is 29.1. The van der Waals surface area contributed by atoms with Gasteiger partial charge in [-0.05, 0) is 88.5 Å². The molecule has 2 heterocycles. The van der Waals surface area contributed by atoms with Crippen LogP contribution in [-0.2, 0) is 0 Å². The van der Waals surface area contributed by atoms with Gasteiger partial charge >= 0.3 is 0 Å². The summed E-state index contributed by atoms with van der Waals surface area (Å²) < 4.78 is 4.68. The van der Waals surface area contributed by atoms with Crippen LogP contribution >= 0.6 is 0 Å². The second-order valence-electron chi connectivity index (χ2n) is 13.6. The van der Waals surface area contributed by atoms with E-state index in [1.807, 2.05) is 24.3 Å². The molecule has 10 rings (SSSR count). The Morgan fingerprint density at radius 2 is 0.981 bits per heavy atom. The molecular weight excluding hydrogens is 657 g/mol. The van der Waals surface area contributed by atoms with Crippen LogP contribution in [0.4, 0.5) is 5.69 Å². The first-order valence-electron chi connectivity index (χ1n) is 17.9. The molecule has 0 unspecified atom stereocenters. The number of fused-ring (bicyclic) bond motifs is 6. The number of rotatable bonds is 5. The van der Waals surface area contributed by atoms with Crippen molar-refractivity contribution in [2.75, 3.05) is 0 Å². The number of para-hydroxylation sites is 2. The Hall–Kier alpha value is -7.66. The third-order valence-electron chi connectivity index (χ3n) is 10.6. The van der Waals surface area contributed by atoms with Crippen LogP contribution in [0.5, 0.6) is 0 Å². The standard InChI is InChI=1S/C50H30N4/c1-52-38-24-21-37(32-51)41(29-38)45-30-44-40-19-11-12-20-46(40)53(39-17-9-4-10-18-39)49(44)31-50(45)54-47-25-22-35(33-13-5-2-6-14-33)27-42(47)43-28-36(23-26-48(43)54)34-15-7-3-8-16-34/h2-31H. The summed E-state index contributed by atoms with van der Waals surface area (Å²) in [4.78, 5) is 3.79. The topological polar surface area (TPSA) is 38.0 Å². The Labute approximate surface area is 312 Å². The van der Waals surface area contributed by atoms with E-state index >= 15 is 0 Å². The molecule has 54 heavy (non-hydrogen) atoms. The molecule has 0 saturated heterocycles. The highest BCUT2D eigenvalue weighted by Crippen LogP contribution is 2.44. The molecule has 0 atom stereocenters. The number of nitriles is 1. The summed E-state index contributed by atoms with van der Waals surface area (Å²) in [6.45, 7) is 7.89. The quantitative estimate of drug-likeness (QED) is 0.166. The number of nitrogens with zero attached hydrogens (tertiary/aromatic N) is 4. The number of hydrogen-bond donors (Lipinski definition) is 0. The van der Waals surface area contributed by atoms with Gasteiger partial charge < -0.3 is 9.13 Å². The molecule has 2 aromatic heterocycles. The van der Waals surface area contributed by atoms with Gasteiger partial charge in [-0.15, -0.1) is 0 Å². The molecule has 4 heteroatoms. The van der Waals surface area contributed by atoms with Crippen LogP contribution < -0.4 is 0 Å². The van der Waals surface area contributed by atoms with Gasteiger partial charge in [0, 0.05) is 32.8 Å². The average molecular weight is 687 g/mol. The summed E-state index contributed by atoms with van der Waals surface area (Å²) in [6, 6.07) is 65.7. The molecule has 8 aromatic carbocycles. The van der Waals surface area contributed by atoms with Gasteiger partial charge in [-0.3, -0.25) is 0 Å². The lowest BCUT2D eigenvalue weighted by Crippen LogP contribution is -2.00. The Kier molecular flexibility index (Phi) is 7.22. The van der Waals surface area contributed by atoms with Crippen LogP contribution in [-0.4, -0.2) is 9.13 Å². The van der Waals surface area contributed by atoms with Gasteiger partial charge in [0.25, 0.3) is 0 Å². The zero-order valence-electron chi connectivity index (χ0n) is 29.1. The fourth-order valence-electron chi connectivity index (χ4n) is 8.09. The van der Waals surface area contributed by atoms with Crippen molar-refractivity contribution in [3.63, 3.8) is 0 Å². The van der Waals surface area contributed by atoms with Crippen LogP contribution in [0.25, 0.3) is 93.2 Å². The first-order chi connectivity index (χ1) is 26.7. The molecule has 0 amide bonds. The van der Waals surface area contributed by atoms with Gasteiger partial charge in [0.1, 0.15) is 0 Å². The third-order valence-corrected chi connectivity index (χ3v) is 10.6. The SMILES string of the molecule is [C-]#[N+]c1ccc(C#N)c(-c2cc3c4ccccc4n(-c4ccccc4)c3cc2-n2c3ccc(-c4ccccc4)cc3c3cc(-c4ccccc4)ccc32)c1. The van der Waals surface area contributed by atoms with E-state index in [2.05, 4.69) is 166 Å². The maximum Gasteiger partial charge on any atom is 0.187 e. The zero-order chi connectivity index (χ0) is 36.2. The smallest absolute Gasteiger partial charge is 0.187 e. The van der Waals surface area contributed by atoms with Crippen molar-refractivity contribution in [2.24, 2.45) is 0 Å². The minimum atomic E-state index is 0.490. The summed E-state index contributed by atoms with van der Waals surface area (Å²) in [5, 5.41) is 14.9. The van der Waals surface area contributed by atoms with Crippen molar-refractivity contribution in [1.82, 2.24) is 9.13 Å². The summed E-state index contributed by atoms with van der Waals surface area (Å²) >= 11 is 0. The lowest BCUT2D eigenvalue weighted by molar-refractivity contribution is 1.16. The molecule has 250 valence electrons. The Bertz CT molecular complexity index is 3060. The number of hydrogen-bond acceptors (Lipinski definition) is 1. The predicted octanol–water partition coefficient (Wildman–Crippen LogP) is 13.3. The van der Waals surface area contributed by atoms with E-state index in [0.29, 0.717) is 11.3 Å². The van der Waals surface area contributed by atoms with Crippen molar-refractivity contribution in [1.29, 1.82) is 5.26 Å². The van der Waals surface area contributed by atoms with Crippen molar-refractivity contribution in [3.05, 3.63) is 199 Å². The molecule has 0 bridgehead atoms. The van der Waals surface area contributed by atoms with Crippen LogP contribution in [0.3, 0.4) is 0 Å². The Morgan fingerprint density at radius 3 is 1.59 bits per heavy atom. The predicted molar refractivity (Wildman–Crippen MR) is 222 cm³/mol. The first-order valence-corrected chi connectivity index (χ1v) is 17.9. The summed E-state index contributed by atoms with van der Waals surface area (Å²) in [5.74, 6) is 0. The maximum absolute atomic E-state index is 10.5.